The first kappa shape index (κ1) is 18.8. The largest absolute Gasteiger partial charge is 0.495 e. The van der Waals surface area contributed by atoms with Crippen LogP contribution in [0, 0.1) is 0 Å². The van der Waals surface area contributed by atoms with E-state index in [1.807, 2.05) is 12.1 Å². The number of fused-ring (bicyclic) bond motifs is 1. The first-order valence-electron chi connectivity index (χ1n) is 8.10. The number of benzene rings is 2. The van der Waals surface area contributed by atoms with E-state index < -0.39 is 15.9 Å². The van der Waals surface area contributed by atoms with Gasteiger partial charge in [-0.25, -0.2) is 12.7 Å². The van der Waals surface area contributed by atoms with Gasteiger partial charge >= 0.3 is 0 Å². The summed E-state index contributed by atoms with van der Waals surface area (Å²) in [5.74, 6) is -0.251. The Bertz CT molecular complexity index is 1110. The van der Waals surface area contributed by atoms with Gasteiger partial charge in [-0.2, -0.15) is 0 Å². The molecule has 0 saturated carbocycles. The number of hydrogen-bond donors (Lipinski definition) is 1. The smallest absolute Gasteiger partial charge is 0.255 e. The van der Waals surface area contributed by atoms with E-state index in [-0.39, 0.29) is 16.2 Å². The summed E-state index contributed by atoms with van der Waals surface area (Å²) in [4.78, 5) is 16.9. The van der Waals surface area contributed by atoms with Crippen LogP contribution < -0.4 is 10.1 Å². The number of carbonyl (C=O) groups excluding carboxylic acids is 1. The quantitative estimate of drug-likeness (QED) is 0.730. The molecule has 8 heteroatoms. The number of amides is 1. The van der Waals surface area contributed by atoms with Gasteiger partial charge in [0.05, 0.1) is 18.3 Å². The second-order valence-corrected chi connectivity index (χ2v) is 8.10. The third-order valence-electron chi connectivity index (χ3n) is 4.08. The normalized spacial score (nSPS) is 11.6. The van der Waals surface area contributed by atoms with Crippen LogP contribution in [0.5, 0.6) is 5.75 Å². The van der Waals surface area contributed by atoms with Crippen molar-refractivity contribution in [1.29, 1.82) is 0 Å². The van der Waals surface area contributed by atoms with Crippen LogP contribution in [0.1, 0.15) is 10.4 Å². The third-order valence-corrected chi connectivity index (χ3v) is 5.91. The number of carbonyl (C=O) groups is 1. The van der Waals surface area contributed by atoms with Crippen molar-refractivity contribution in [3.8, 4) is 5.75 Å². The molecular formula is C19H19N3O4S. The Hall–Kier alpha value is -2.97. The molecule has 1 aromatic heterocycles. The van der Waals surface area contributed by atoms with E-state index >= 15 is 0 Å². The molecule has 0 aliphatic carbocycles. The minimum Gasteiger partial charge on any atom is -0.495 e. The number of nitrogens with one attached hydrogen (secondary N) is 1. The zero-order chi connectivity index (χ0) is 19.6. The second-order valence-electron chi connectivity index (χ2n) is 5.98. The monoisotopic (exact) mass is 385 g/mol. The lowest BCUT2D eigenvalue weighted by Gasteiger charge is -2.15. The Morgan fingerprint density at radius 2 is 1.89 bits per heavy atom. The average molecular weight is 385 g/mol. The summed E-state index contributed by atoms with van der Waals surface area (Å²) in [6.45, 7) is 0. The van der Waals surface area contributed by atoms with E-state index in [0.717, 1.165) is 15.2 Å². The number of aromatic nitrogens is 1. The van der Waals surface area contributed by atoms with Gasteiger partial charge < -0.3 is 10.1 Å². The summed E-state index contributed by atoms with van der Waals surface area (Å²) in [5, 5.41) is 3.61. The minimum atomic E-state index is -3.76. The summed E-state index contributed by atoms with van der Waals surface area (Å²) in [5.41, 5.74) is 1.55. The van der Waals surface area contributed by atoms with Crippen molar-refractivity contribution in [2.75, 3.05) is 26.5 Å². The third kappa shape index (κ3) is 3.62. The summed E-state index contributed by atoms with van der Waals surface area (Å²) in [7, 11) is 0.459. The maximum absolute atomic E-state index is 12.7. The molecule has 0 aliphatic heterocycles. The van der Waals surface area contributed by atoms with Crippen LogP contribution in [-0.4, -0.2) is 44.8 Å². The van der Waals surface area contributed by atoms with Crippen molar-refractivity contribution < 1.29 is 17.9 Å². The molecule has 0 atom stereocenters. The lowest BCUT2D eigenvalue weighted by Crippen LogP contribution is -2.23. The number of hydrogen-bond acceptors (Lipinski definition) is 5. The van der Waals surface area contributed by atoms with Gasteiger partial charge in [0, 0.05) is 31.2 Å². The Labute approximate surface area is 157 Å². The number of rotatable bonds is 5. The van der Waals surface area contributed by atoms with Crippen LogP contribution >= 0.6 is 0 Å². The topological polar surface area (TPSA) is 88.6 Å². The Kier molecular flexibility index (Phi) is 5.11. The molecule has 1 heterocycles. The molecule has 0 fully saturated rings. The molecule has 1 amide bonds. The zero-order valence-electron chi connectivity index (χ0n) is 15.1. The fourth-order valence-corrected chi connectivity index (χ4v) is 3.70. The fraction of sp³-hybridized carbons (Fsp3) is 0.158. The minimum absolute atomic E-state index is 0.0674. The van der Waals surface area contributed by atoms with Crippen molar-refractivity contribution in [2.24, 2.45) is 0 Å². The Morgan fingerprint density at radius 3 is 2.59 bits per heavy atom. The molecule has 7 nitrogen and oxygen atoms in total. The number of nitrogens with zero attached hydrogens (tertiary/aromatic N) is 2. The summed E-state index contributed by atoms with van der Waals surface area (Å²) < 4.78 is 31.3. The highest BCUT2D eigenvalue weighted by Gasteiger charge is 2.24. The molecular weight excluding hydrogens is 366 g/mol. The van der Waals surface area contributed by atoms with Gasteiger partial charge in [-0.05, 0) is 42.5 Å². The Morgan fingerprint density at radius 1 is 1.11 bits per heavy atom. The average Bonchev–Trinajstić information content (AvgIpc) is 2.67. The fourth-order valence-electron chi connectivity index (χ4n) is 2.62. The molecule has 2 aromatic carbocycles. The van der Waals surface area contributed by atoms with Crippen LogP contribution in [0.25, 0.3) is 10.9 Å². The molecule has 0 spiro atoms. The first-order chi connectivity index (χ1) is 12.8. The van der Waals surface area contributed by atoms with Crippen LogP contribution in [0.4, 0.5) is 5.69 Å². The zero-order valence-corrected chi connectivity index (χ0v) is 15.9. The number of pyridine rings is 1. The van der Waals surface area contributed by atoms with E-state index in [1.165, 1.54) is 39.4 Å². The highest BCUT2D eigenvalue weighted by atomic mass is 32.2. The summed E-state index contributed by atoms with van der Waals surface area (Å²) in [6.07, 6.45) is 1.68. The molecule has 3 rings (SSSR count). The van der Waals surface area contributed by atoms with Gasteiger partial charge in [-0.15, -0.1) is 0 Å². The lowest BCUT2D eigenvalue weighted by molar-refractivity contribution is 0.102. The molecule has 0 bridgehead atoms. The van der Waals surface area contributed by atoms with Crippen molar-refractivity contribution in [3.05, 3.63) is 60.3 Å². The number of methoxy groups -OCH3 is 1. The predicted octanol–water partition coefficient (Wildman–Crippen LogP) is 2.75. The maximum atomic E-state index is 12.7. The SMILES string of the molecule is COc1ccc(C(=O)Nc2cccc3ncccc23)cc1S(=O)(=O)N(C)C. The van der Waals surface area contributed by atoms with Crippen molar-refractivity contribution in [2.45, 2.75) is 4.90 Å². The van der Waals surface area contributed by atoms with Crippen molar-refractivity contribution in [1.82, 2.24) is 9.29 Å². The van der Waals surface area contributed by atoms with Gasteiger partial charge in [0.1, 0.15) is 10.6 Å². The number of anilines is 1. The van der Waals surface area contributed by atoms with Crippen LogP contribution in [-0.2, 0) is 10.0 Å². The first-order valence-corrected chi connectivity index (χ1v) is 9.54. The lowest BCUT2D eigenvalue weighted by atomic mass is 10.1. The second kappa shape index (κ2) is 7.34. The molecule has 1 N–H and O–H groups in total. The van der Waals surface area contributed by atoms with Gasteiger partial charge in [0.2, 0.25) is 10.0 Å². The van der Waals surface area contributed by atoms with E-state index in [4.69, 9.17) is 4.74 Å². The molecule has 140 valence electrons. The predicted molar refractivity (Wildman–Crippen MR) is 104 cm³/mol. The van der Waals surface area contributed by atoms with Gasteiger partial charge in [-0.1, -0.05) is 6.07 Å². The van der Waals surface area contributed by atoms with Gasteiger partial charge in [0.25, 0.3) is 5.91 Å². The van der Waals surface area contributed by atoms with E-state index in [9.17, 15) is 13.2 Å². The Balaban J connectivity index is 2.00. The molecule has 0 aliphatic rings. The van der Waals surface area contributed by atoms with Crippen LogP contribution in [0.2, 0.25) is 0 Å². The van der Waals surface area contributed by atoms with E-state index in [2.05, 4.69) is 10.3 Å². The summed E-state index contributed by atoms with van der Waals surface area (Å²) >= 11 is 0. The van der Waals surface area contributed by atoms with Crippen molar-refractivity contribution in [3.63, 3.8) is 0 Å². The van der Waals surface area contributed by atoms with Crippen molar-refractivity contribution >= 4 is 32.5 Å². The van der Waals surface area contributed by atoms with Gasteiger partial charge in [0.15, 0.2) is 0 Å². The number of ether oxygens (including phenoxy) is 1. The molecule has 27 heavy (non-hydrogen) atoms. The highest BCUT2D eigenvalue weighted by molar-refractivity contribution is 7.89. The standard InChI is InChI=1S/C19H19N3O4S/c1-22(2)27(24,25)18-12-13(9-10-17(18)26-3)19(23)21-16-8-4-7-15-14(16)6-5-11-20-15/h4-12H,1-3H3,(H,21,23). The molecule has 0 saturated heterocycles. The summed E-state index contributed by atoms with van der Waals surface area (Å²) in [6, 6.07) is 13.3. The maximum Gasteiger partial charge on any atom is 0.255 e. The van der Waals surface area contributed by atoms with E-state index in [1.54, 1.807) is 24.4 Å². The molecule has 0 unspecified atom stereocenters. The van der Waals surface area contributed by atoms with Gasteiger partial charge in [-0.3, -0.25) is 9.78 Å². The molecule has 3 aromatic rings. The number of sulfonamides is 1. The molecule has 0 radical (unpaired) electrons. The highest BCUT2D eigenvalue weighted by Crippen LogP contribution is 2.28. The van der Waals surface area contributed by atoms with Crippen LogP contribution in [0.3, 0.4) is 0 Å². The van der Waals surface area contributed by atoms with E-state index in [0.29, 0.717) is 5.69 Å². The van der Waals surface area contributed by atoms with Crippen LogP contribution in [0.15, 0.2) is 59.6 Å².